The van der Waals surface area contributed by atoms with Crippen LogP contribution in [0.2, 0.25) is 0 Å². The van der Waals surface area contributed by atoms with E-state index in [4.69, 9.17) is 10.00 Å². The molecule has 92 valence electrons. The van der Waals surface area contributed by atoms with Crippen molar-refractivity contribution in [2.45, 2.75) is 19.8 Å². The standard InChI is InChI=1S/C13H14N4O/c1-2-7-18-12-4-6-15-13(8-12)17-10-11(3-5-14)9-16-17/h4,6,8-10H,2-3,7H2,1H3. The lowest BCUT2D eigenvalue weighted by molar-refractivity contribution is 0.317. The van der Waals surface area contributed by atoms with Crippen molar-refractivity contribution in [2.24, 2.45) is 0 Å². The zero-order chi connectivity index (χ0) is 12.8. The van der Waals surface area contributed by atoms with E-state index in [0.29, 0.717) is 18.8 Å². The number of rotatable bonds is 5. The molecule has 0 aliphatic carbocycles. The zero-order valence-electron chi connectivity index (χ0n) is 10.2. The molecule has 0 aromatic carbocycles. The van der Waals surface area contributed by atoms with Crippen LogP contribution in [0.15, 0.2) is 30.7 Å². The maximum absolute atomic E-state index is 8.62. The van der Waals surface area contributed by atoms with Crippen molar-refractivity contribution < 1.29 is 4.74 Å². The number of nitrogens with zero attached hydrogens (tertiary/aromatic N) is 4. The maximum atomic E-state index is 8.62. The Hall–Kier alpha value is -2.35. The van der Waals surface area contributed by atoms with Crippen LogP contribution in [-0.2, 0) is 6.42 Å². The average Bonchev–Trinajstić information content (AvgIpc) is 2.86. The highest BCUT2D eigenvalue weighted by Gasteiger charge is 2.03. The second kappa shape index (κ2) is 5.82. The summed E-state index contributed by atoms with van der Waals surface area (Å²) >= 11 is 0. The van der Waals surface area contributed by atoms with Crippen LogP contribution in [0, 0.1) is 11.3 Å². The van der Waals surface area contributed by atoms with E-state index in [1.54, 1.807) is 23.3 Å². The normalized spacial score (nSPS) is 10.0. The first-order valence-corrected chi connectivity index (χ1v) is 5.83. The summed E-state index contributed by atoms with van der Waals surface area (Å²) in [6, 6.07) is 5.74. The summed E-state index contributed by atoms with van der Waals surface area (Å²) < 4.78 is 7.18. The molecule has 0 aliphatic heterocycles. The van der Waals surface area contributed by atoms with Gasteiger partial charge in [-0.25, -0.2) is 9.67 Å². The van der Waals surface area contributed by atoms with Crippen LogP contribution in [-0.4, -0.2) is 21.4 Å². The summed E-state index contributed by atoms with van der Waals surface area (Å²) in [5, 5.41) is 12.8. The summed E-state index contributed by atoms with van der Waals surface area (Å²) in [6.45, 7) is 2.74. The van der Waals surface area contributed by atoms with E-state index in [-0.39, 0.29) is 0 Å². The second-order valence-corrected chi connectivity index (χ2v) is 3.83. The van der Waals surface area contributed by atoms with Gasteiger partial charge in [-0.3, -0.25) is 0 Å². The lowest BCUT2D eigenvalue weighted by Gasteiger charge is -2.05. The molecule has 0 unspecified atom stereocenters. The number of hydrogen-bond donors (Lipinski definition) is 0. The van der Waals surface area contributed by atoms with Crippen LogP contribution < -0.4 is 4.74 Å². The molecule has 0 amide bonds. The smallest absolute Gasteiger partial charge is 0.156 e. The van der Waals surface area contributed by atoms with E-state index < -0.39 is 0 Å². The minimum Gasteiger partial charge on any atom is -0.493 e. The number of aromatic nitrogens is 3. The van der Waals surface area contributed by atoms with E-state index in [1.807, 2.05) is 12.1 Å². The third-order valence-electron chi connectivity index (χ3n) is 2.34. The molecule has 2 rings (SSSR count). The zero-order valence-corrected chi connectivity index (χ0v) is 10.2. The minimum absolute atomic E-state index is 0.353. The second-order valence-electron chi connectivity index (χ2n) is 3.83. The summed E-state index contributed by atoms with van der Waals surface area (Å²) in [6.07, 6.45) is 6.48. The third kappa shape index (κ3) is 2.86. The van der Waals surface area contributed by atoms with Crippen LogP contribution >= 0.6 is 0 Å². The molecule has 0 aliphatic rings. The van der Waals surface area contributed by atoms with Crippen LogP contribution in [0.1, 0.15) is 18.9 Å². The Morgan fingerprint density at radius 3 is 3.17 bits per heavy atom. The molecular weight excluding hydrogens is 228 g/mol. The van der Waals surface area contributed by atoms with Gasteiger partial charge in [-0.15, -0.1) is 0 Å². The van der Waals surface area contributed by atoms with Gasteiger partial charge in [0, 0.05) is 24.0 Å². The molecule has 0 N–H and O–H groups in total. The molecule has 0 atom stereocenters. The van der Waals surface area contributed by atoms with E-state index >= 15 is 0 Å². The first-order chi connectivity index (χ1) is 8.83. The van der Waals surface area contributed by atoms with E-state index in [1.165, 1.54) is 0 Å². The number of hydrogen-bond acceptors (Lipinski definition) is 4. The largest absolute Gasteiger partial charge is 0.493 e. The highest BCUT2D eigenvalue weighted by molar-refractivity contribution is 5.32. The van der Waals surface area contributed by atoms with Crippen LogP contribution in [0.25, 0.3) is 5.82 Å². The Bertz CT molecular complexity index is 556. The molecule has 0 radical (unpaired) electrons. The van der Waals surface area contributed by atoms with E-state index in [0.717, 1.165) is 17.7 Å². The Morgan fingerprint density at radius 1 is 1.50 bits per heavy atom. The van der Waals surface area contributed by atoms with Crippen molar-refractivity contribution in [3.05, 3.63) is 36.3 Å². The van der Waals surface area contributed by atoms with Crippen molar-refractivity contribution in [1.82, 2.24) is 14.8 Å². The van der Waals surface area contributed by atoms with Crippen LogP contribution in [0.3, 0.4) is 0 Å². The number of pyridine rings is 1. The fraction of sp³-hybridized carbons (Fsp3) is 0.308. The molecular formula is C13H14N4O. The summed E-state index contributed by atoms with van der Waals surface area (Å²) in [7, 11) is 0. The number of nitriles is 1. The van der Waals surface area contributed by atoms with Gasteiger partial charge < -0.3 is 4.74 Å². The predicted molar refractivity (Wildman–Crippen MR) is 66.5 cm³/mol. The van der Waals surface area contributed by atoms with Gasteiger partial charge in [0.2, 0.25) is 0 Å². The first kappa shape index (κ1) is 12.1. The van der Waals surface area contributed by atoms with Crippen LogP contribution in [0.4, 0.5) is 0 Å². The topological polar surface area (TPSA) is 63.7 Å². The highest BCUT2D eigenvalue weighted by atomic mass is 16.5. The van der Waals surface area contributed by atoms with Gasteiger partial charge in [-0.1, -0.05) is 6.92 Å². The molecule has 0 fully saturated rings. The van der Waals surface area contributed by atoms with Gasteiger partial charge in [-0.05, 0) is 12.5 Å². The Morgan fingerprint density at radius 2 is 2.39 bits per heavy atom. The lowest BCUT2D eigenvalue weighted by atomic mass is 10.3. The summed E-state index contributed by atoms with van der Waals surface area (Å²) in [5.41, 5.74) is 0.874. The molecule has 2 aromatic heterocycles. The molecule has 0 bridgehead atoms. The Labute approximate surface area is 106 Å². The lowest BCUT2D eigenvalue weighted by Crippen LogP contribution is -2.00. The Balaban J connectivity index is 2.19. The van der Waals surface area contributed by atoms with Crippen molar-refractivity contribution >= 4 is 0 Å². The molecule has 18 heavy (non-hydrogen) atoms. The van der Waals surface area contributed by atoms with Crippen molar-refractivity contribution in [3.8, 4) is 17.6 Å². The molecule has 5 nitrogen and oxygen atoms in total. The fourth-order valence-electron chi connectivity index (χ4n) is 1.50. The van der Waals surface area contributed by atoms with Crippen LogP contribution in [0.5, 0.6) is 5.75 Å². The third-order valence-corrected chi connectivity index (χ3v) is 2.34. The molecule has 0 saturated carbocycles. The van der Waals surface area contributed by atoms with Gasteiger partial charge in [0.05, 0.1) is 25.3 Å². The SMILES string of the molecule is CCCOc1ccnc(-n2cc(CC#N)cn2)c1. The first-order valence-electron chi connectivity index (χ1n) is 5.83. The maximum Gasteiger partial charge on any atom is 0.156 e. The quantitative estimate of drug-likeness (QED) is 0.805. The number of ether oxygens (including phenoxy) is 1. The predicted octanol–water partition coefficient (Wildman–Crippen LogP) is 2.12. The fourth-order valence-corrected chi connectivity index (χ4v) is 1.50. The van der Waals surface area contributed by atoms with E-state index in [2.05, 4.69) is 23.1 Å². The van der Waals surface area contributed by atoms with Crippen molar-refractivity contribution in [2.75, 3.05) is 6.61 Å². The minimum atomic E-state index is 0.353. The highest BCUT2D eigenvalue weighted by Crippen LogP contribution is 2.14. The molecule has 2 heterocycles. The molecule has 0 saturated heterocycles. The molecule has 5 heteroatoms. The van der Waals surface area contributed by atoms with E-state index in [9.17, 15) is 0 Å². The molecule has 2 aromatic rings. The van der Waals surface area contributed by atoms with Gasteiger partial charge in [0.1, 0.15) is 5.75 Å². The van der Waals surface area contributed by atoms with Gasteiger partial charge >= 0.3 is 0 Å². The van der Waals surface area contributed by atoms with Gasteiger partial charge in [0.15, 0.2) is 5.82 Å². The van der Waals surface area contributed by atoms with Gasteiger partial charge in [0.25, 0.3) is 0 Å². The summed E-state index contributed by atoms with van der Waals surface area (Å²) in [4.78, 5) is 4.23. The van der Waals surface area contributed by atoms with Gasteiger partial charge in [-0.2, -0.15) is 10.4 Å². The van der Waals surface area contributed by atoms with Crippen molar-refractivity contribution in [1.29, 1.82) is 5.26 Å². The average molecular weight is 242 g/mol. The van der Waals surface area contributed by atoms with Crippen molar-refractivity contribution in [3.63, 3.8) is 0 Å². The summed E-state index contributed by atoms with van der Waals surface area (Å²) in [5.74, 6) is 1.46. The molecule has 0 spiro atoms. The Kier molecular flexibility index (Phi) is 3.92. The monoisotopic (exact) mass is 242 g/mol.